The summed E-state index contributed by atoms with van der Waals surface area (Å²) in [7, 11) is -3.36. The van der Waals surface area contributed by atoms with E-state index in [1.807, 2.05) is 0 Å². The van der Waals surface area contributed by atoms with Crippen LogP contribution in [-0.2, 0) is 19.5 Å². The molecular weight excluding hydrogens is 364 g/mol. The molecule has 0 aliphatic carbocycles. The number of aliphatic hydroxyl groups excluding tert-OH is 1. The molecule has 2 saturated heterocycles. The van der Waals surface area contributed by atoms with Crippen LogP contribution in [-0.4, -0.2) is 82.6 Å². The van der Waals surface area contributed by atoms with Crippen molar-refractivity contribution in [2.45, 2.75) is 29.3 Å². The van der Waals surface area contributed by atoms with Crippen LogP contribution in [0, 0.1) is 0 Å². The Balaban J connectivity index is 1.37. The third-order valence-electron chi connectivity index (χ3n) is 4.68. The third kappa shape index (κ3) is 5.22. The number of piperazine rings is 1. The summed E-state index contributed by atoms with van der Waals surface area (Å²) in [6.07, 6.45) is 1.75. The minimum absolute atomic E-state index is 0.172. The standard InChI is InChI=1S/C16H26N2O5S2/c19-14(12-22-13-15-3-1-9-23-15)11-17-5-7-18(8-6-17)25(20,21)16-4-2-10-24-16/h2,4,10,14-15,19H,1,3,5-9,11-13H2/p+1/t14-,15+/m0/s1. The van der Waals surface area contributed by atoms with Crippen molar-refractivity contribution in [3.63, 3.8) is 0 Å². The molecule has 1 aromatic heterocycles. The Morgan fingerprint density at radius 2 is 2.24 bits per heavy atom. The Morgan fingerprint density at radius 1 is 1.44 bits per heavy atom. The van der Waals surface area contributed by atoms with Gasteiger partial charge in [-0.3, -0.25) is 0 Å². The van der Waals surface area contributed by atoms with Crippen LogP contribution >= 0.6 is 11.3 Å². The fourth-order valence-electron chi connectivity index (χ4n) is 3.29. The van der Waals surface area contributed by atoms with E-state index in [-0.39, 0.29) is 6.10 Å². The highest BCUT2D eigenvalue weighted by Gasteiger charge is 2.31. The van der Waals surface area contributed by atoms with Crippen molar-refractivity contribution in [2.24, 2.45) is 0 Å². The van der Waals surface area contributed by atoms with Gasteiger partial charge in [-0.1, -0.05) is 6.07 Å². The molecule has 2 aliphatic rings. The molecule has 142 valence electrons. The van der Waals surface area contributed by atoms with Crippen LogP contribution in [0.2, 0.25) is 0 Å². The number of aliphatic hydroxyl groups is 1. The van der Waals surface area contributed by atoms with Crippen LogP contribution in [0.15, 0.2) is 21.7 Å². The number of nitrogens with one attached hydrogen (secondary N) is 1. The molecule has 2 fully saturated rings. The molecule has 25 heavy (non-hydrogen) atoms. The van der Waals surface area contributed by atoms with Gasteiger partial charge in [0.15, 0.2) is 0 Å². The SMILES string of the molecule is O=S(=O)(c1cccs1)N1CC[NH+](C[C@H](O)COC[C@H]2CCCO2)CC1. The van der Waals surface area contributed by atoms with Gasteiger partial charge in [0.1, 0.15) is 16.9 Å². The maximum atomic E-state index is 12.5. The van der Waals surface area contributed by atoms with Gasteiger partial charge < -0.3 is 19.5 Å². The van der Waals surface area contributed by atoms with E-state index in [0.29, 0.717) is 50.1 Å². The first-order valence-electron chi connectivity index (χ1n) is 8.80. The van der Waals surface area contributed by atoms with E-state index in [2.05, 4.69) is 0 Å². The Morgan fingerprint density at radius 3 is 2.88 bits per heavy atom. The zero-order valence-electron chi connectivity index (χ0n) is 14.3. The van der Waals surface area contributed by atoms with Gasteiger partial charge >= 0.3 is 0 Å². The lowest BCUT2D eigenvalue weighted by Gasteiger charge is -2.32. The van der Waals surface area contributed by atoms with Crippen molar-refractivity contribution in [1.29, 1.82) is 0 Å². The van der Waals surface area contributed by atoms with Gasteiger partial charge in [-0.25, -0.2) is 8.42 Å². The molecule has 1 aromatic rings. The van der Waals surface area contributed by atoms with Gasteiger partial charge in [0.05, 0.1) is 45.5 Å². The van der Waals surface area contributed by atoms with Crippen LogP contribution in [0.25, 0.3) is 0 Å². The van der Waals surface area contributed by atoms with Gasteiger partial charge in [0.25, 0.3) is 10.0 Å². The normalized spacial score (nSPS) is 24.6. The number of rotatable bonds is 8. The highest BCUT2D eigenvalue weighted by atomic mass is 32.2. The topological polar surface area (TPSA) is 80.5 Å². The van der Waals surface area contributed by atoms with Crippen molar-refractivity contribution in [1.82, 2.24) is 4.31 Å². The molecule has 0 spiro atoms. The largest absolute Gasteiger partial charge is 0.385 e. The van der Waals surface area contributed by atoms with Crippen molar-refractivity contribution < 1.29 is 27.9 Å². The average molecular weight is 392 g/mol. The van der Waals surface area contributed by atoms with Gasteiger partial charge in [-0.15, -0.1) is 11.3 Å². The smallest absolute Gasteiger partial charge is 0.252 e. The van der Waals surface area contributed by atoms with E-state index in [1.165, 1.54) is 16.2 Å². The van der Waals surface area contributed by atoms with E-state index < -0.39 is 16.1 Å². The number of ether oxygens (including phenoxy) is 2. The van der Waals surface area contributed by atoms with Crippen LogP contribution < -0.4 is 4.90 Å². The second-order valence-corrected chi connectivity index (χ2v) is 9.73. The predicted octanol–water partition coefficient (Wildman–Crippen LogP) is -0.806. The molecule has 3 heterocycles. The van der Waals surface area contributed by atoms with Gasteiger partial charge in [0.2, 0.25) is 0 Å². The lowest BCUT2D eigenvalue weighted by atomic mass is 10.2. The first kappa shape index (κ1) is 19.2. The van der Waals surface area contributed by atoms with Crippen LogP contribution in [0.1, 0.15) is 12.8 Å². The summed E-state index contributed by atoms with van der Waals surface area (Å²) in [6.45, 7) is 4.61. The minimum Gasteiger partial charge on any atom is -0.385 e. The number of quaternary nitrogens is 1. The van der Waals surface area contributed by atoms with Crippen LogP contribution in [0.5, 0.6) is 0 Å². The Kier molecular flexibility index (Phi) is 6.84. The fraction of sp³-hybridized carbons (Fsp3) is 0.750. The van der Waals surface area contributed by atoms with Crippen LogP contribution in [0.4, 0.5) is 0 Å². The van der Waals surface area contributed by atoms with Crippen molar-refractivity contribution >= 4 is 21.4 Å². The lowest BCUT2D eigenvalue weighted by molar-refractivity contribution is -0.906. The molecule has 0 bridgehead atoms. The molecule has 2 N–H and O–H groups in total. The molecule has 0 radical (unpaired) electrons. The number of hydrogen-bond donors (Lipinski definition) is 2. The molecule has 3 rings (SSSR count). The lowest BCUT2D eigenvalue weighted by Crippen LogP contribution is -3.15. The Hall–Kier alpha value is -0.550. The summed E-state index contributed by atoms with van der Waals surface area (Å²) < 4.78 is 38.0. The highest BCUT2D eigenvalue weighted by Crippen LogP contribution is 2.20. The van der Waals surface area contributed by atoms with Crippen molar-refractivity contribution in [3.05, 3.63) is 17.5 Å². The Labute approximate surface area is 153 Å². The first-order valence-corrected chi connectivity index (χ1v) is 11.1. The molecule has 0 saturated carbocycles. The molecule has 9 heteroatoms. The van der Waals surface area contributed by atoms with Gasteiger partial charge in [0, 0.05) is 6.61 Å². The van der Waals surface area contributed by atoms with Gasteiger partial charge in [-0.2, -0.15) is 4.31 Å². The number of thiophene rings is 1. The van der Waals surface area contributed by atoms with E-state index in [0.717, 1.165) is 19.4 Å². The first-order chi connectivity index (χ1) is 12.1. The Bertz CT molecular complexity index is 608. The molecule has 2 atom stereocenters. The van der Waals surface area contributed by atoms with Crippen molar-refractivity contribution in [3.8, 4) is 0 Å². The number of hydrogen-bond acceptors (Lipinski definition) is 6. The average Bonchev–Trinajstić information content (AvgIpc) is 3.29. The maximum Gasteiger partial charge on any atom is 0.252 e. The summed E-state index contributed by atoms with van der Waals surface area (Å²) >= 11 is 1.25. The van der Waals surface area contributed by atoms with E-state index >= 15 is 0 Å². The zero-order valence-corrected chi connectivity index (χ0v) is 15.9. The van der Waals surface area contributed by atoms with Gasteiger partial charge in [-0.05, 0) is 24.3 Å². The monoisotopic (exact) mass is 391 g/mol. The second kappa shape index (κ2) is 8.90. The van der Waals surface area contributed by atoms with E-state index in [4.69, 9.17) is 9.47 Å². The molecule has 0 unspecified atom stereocenters. The summed E-state index contributed by atoms with van der Waals surface area (Å²) in [5, 5.41) is 11.9. The molecule has 0 amide bonds. The van der Waals surface area contributed by atoms with Crippen molar-refractivity contribution in [2.75, 3.05) is 52.5 Å². The zero-order chi connectivity index (χ0) is 17.7. The highest BCUT2D eigenvalue weighted by molar-refractivity contribution is 7.91. The third-order valence-corrected chi connectivity index (χ3v) is 7.95. The fourth-order valence-corrected chi connectivity index (χ4v) is 5.87. The van der Waals surface area contributed by atoms with Crippen LogP contribution in [0.3, 0.4) is 0 Å². The second-order valence-electron chi connectivity index (χ2n) is 6.62. The number of sulfonamides is 1. The quantitative estimate of drug-likeness (QED) is 0.606. The minimum atomic E-state index is -3.36. The molecule has 2 aliphatic heterocycles. The molecule has 0 aromatic carbocycles. The maximum absolute atomic E-state index is 12.5. The molecule has 7 nitrogen and oxygen atoms in total. The predicted molar refractivity (Wildman–Crippen MR) is 94.4 cm³/mol. The summed E-state index contributed by atoms with van der Waals surface area (Å²) in [5.41, 5.74) is 0. The summed E-state index contributed by atoms with van der Waals surface area (Å²) in [5.74, 6) is 0. The van der Waals surface area contributed by atoms with E-state index in [1.54, 1.807) is 21.8 Å². The van der Waals surface area contributed by atoms with E-state index in [9.17, 15) is 13.5 Å². The summed E-state index contributed by atoms with van der Waals surface area (Å²) in [4.78, 5) is 1.21. The number of nitrogens with zero attached hydrogens (tertiary/aromatic N) is 1. The summed E-state index contributed by atoms with van der Waals surface area (Å²) in [6, 6.07) is 3.40. The molecular formula is C16H27N2O5S2+.